The van der Waals surface area contributed by atoms with Gasteiger partial charge in [-0.25, -0.2) is 0 Å². The lowest BCUT2D eigenvalue weighted by atomic mass is 9.82. The van der Waals surface area contributed by atoms with Crippen LogP contribution in [0.1, 0.15) is 24.5 Å². The van der Waals surface area contributed by atoms with E-state index < -0.39 is 25.9 Å². The number of carbonyl (C=O) groups is 1. The molecule has 2 aliphatic rings. The molecule has 0 unspecified atom stereocenters. The fourth-order valence-corrected chi connectivity index (χ4v) is 10.0. The van der Waals surface area contributed by atoms with Crippen LogP contribution >= 0.6 is 0 Å². The van der Waals surface area contributed by atoms with Crippen molar-refractivity contribution in [1.29, 1.82) is 0 Å². The van der Waals surface area contributed by atoms with E-state index in [-0.39, 0.29) is 53.6 Å². The minimum atomic E-state index is -2.91. The molecule has 0 bridgehead atoms. The zero-order chi connectivity index (χ0) is 33.7. The number of benzene rings is 2. The zero-order valence-corrected chi connectivity index (χ0v) is 28.0. The van der Waals surface area contributed by atoms with Gasteiger partial charge in [0.25, 0.3) is 17.0 Å². The number of pyridine rings is 2. The van der Waals surface area contributed by atoms with Crippen LogP contribution in [0.2, 0.25) is 18.6 Å². The molecule has 0 aliphatic carbocycles. The maximum Gasteiger partial charge on any atom is 0.297 e. The minimum Gasteiger partial charge on any atom is -0.491 e. The van der Waals surface area contributed by atoms with Crippen molar-refractivity contribution in [1.82, 2.24) is 9.13 Å². The number of hydrogen-bond acceptors (Lipinski definition) is 8. The van der Waals surface area contributed by atoms with Crippen molar-refractivity contribution in [2.75, 3.05) is 25.7 Å². The number of aliphatic hydroxyl groups excluding tert-OH is 1. The van der Waals surface area contributed by atoms with Crippen LogP contribution in [-0.2, 0) is 21.7 Å². The van der Waals surface area contributed by atoms with E-state index >= 15 is 0 Å². The van der Waals surface area contributed by atoms with Gasteiger partial charge in [-0.05, 0) is 79.7 Å². The molecule has 2 N–H and O–H groups in total. The molecule has 2 aliphatic heterocycles. The Bertz CT molecular complexity index is 1950. The molecular weight excluding hydrogens is 618 g/mol. The van der Waals surface area contributed by atoms with E-state index in [0.29, 0.717) is 22.6 Å². The van der Waals surface area contributed by atoms with Gasteiger partial charge in [0.15, 0.2) is 25.4 Å². The number of aliphatic hydroxyl groups is 1. The number of hydrogen-bond donors (Lipinski definition) is 2. The number of aromatic nitrogens is 2. The number of nitrogens with zero attached hydrogens (tertiary/aromatic N) is 3. The Balaban J connectivity index is 1.49. The van der Waals surface area contributed by atoms with Gasteiger partial charge in [0, 0.05) is 47.4 Å². The minimum absolute atomic E-state index is 0.158. The Labute approximate surface area is 273 Å². The average molecular weight is 658 g/mol. The summed E-state index contributed by atoms with van der Waals surface area (Å²) in [5.41, 5.74) is 0.644. The molecule has 0 radical (unpaired) electrons. The SMILES string of the molecule is COc1cccn(-c2cccc(CN3C(=O)[C@]4(O[C@H](CCO)[C@@H]([Si](C)(C)O)[C@@H]4C)c4cc(-n5cccc(OC)c5=O)ccc43)c2)c1=O. The van der Waals surface area contributed by atoms with E-state index in [1.165, 1.54) is 23.4 Å². The average Bonchev–Trinajstić information content (AvgIpc) is 3.47. The van der Waals surface area contributed by atoms with Gasteiger partial charge in [-0.1, -0.05) is 19.1 Å². The summed E-state index contributed by atoms with van der Waals surface area (Å²) in [7, 11) is -0.0245. The van der Waals surface area contributed by atoms with Crippen LogP contribution in [0.4, 0.5) is 5.69 Å². The molecule has 0 saturated carbocycles. The van der Waals surface area contributed by atoms with Gasteiger partial charge in [0.2, 0.25) is 0 Å². The molecule has 4 aromatic rings. The normalized spacial score (nSPS) is 22.1. The second-order valence-corrected chi connectivity index (χ2v) is 16.6. The van der Waals surface area contributed by atoms with Gasteiger partial charge < -0.3 is 29.0 Å². The summed E-state index contributed by atoms with van der Waals surface area (Å²) >= 11 is 0. The Hall–Kier alpha value is -4.49. The van der Waals surface area contributed by atoms with Crippen molar-refractivity contribution >= 4 is 19.9 Å². The summed E-state index contributed by atoms with van der Waals surface area (Å²) < 4.78 is 20.2. The highest BCUT2D eigenvalue weighted by Gasteiger charge is 2.66. The lowest BCUT2D eigenvalue weighted by molar-refractivity contribution is -0.146. The van der Waals surface area contributed by atoms with Gasteiger partial charge in [-0.3, -0.25) is 23.5 Å². The molecule has 1 amide bonds. The fraction of sp³-hybridized carbons (Fsp3) is 0.343. The van der Waals surface area contributed by atoms with E-state index in [4.69, 9.17) is 14.2 Å². The molecule has 4 heterocycles. The smallest absolute Gasteiger partial charge is 0.297 e. The molecule has 4 atom stereocenters. The molecule has 6 rings (SSSR count). The molecule has 246 valence electrons. The van der Waals surface area contributed by atoms with Crippen molar-refractivity contribution in [2.24, 2.45) is 5.92 Å². The third-order valence-corrected chi connectivity index (χ3v) is 12.0. The van der Waals surface area contributed by atoms with Crippen molar-refractivity contribution in [3.05, 3.63) is 111 Å². The first-order chi connectivity index (χ1) is 22.5. The van der Waals surface area contributed by atoms with Gasteiger partial charge >= 0.3 is 0 Å². The third-order valence-electron chi connectivity index (χ3n) is 9.45. The Morgan fingerprint density at radius 1 is 0.872 bits per heavy atom. The van der Waals surface area contributed by atoms with Crippen LogP contribution in [0.3, 0.4) is 0 Å². The van der Waals surface area contributed by atoms with Gasteiger partial charge in [-0.15, -0.1) is 0 Å². The molecule has 2 aromatic carbocycles. The zero-order valence-electron chi connectivity index (χ0n) is 27.0. The van der Waals surface area contributed by atoms with E-state index in [2.05, 4.69) is 0 Å². The second-order valence-electron chi connectivity index (χ2n) is 12.6. The fourth-order valence-electron chi connectivity index (χ4n) is 7.42. The van der Waals surface area contributed by atoms with Gasteiger partial charge in [0.1, 0.15) is 0 Å². The molecule has 47 heavy (non-hydrogen) atoms. The monoisotopic (exact) mass is 657 g/mol. The van der Waals surface area contributed by atoms with Crippen LogP contribution in [0.15, 0.2) is 88.7 Å². The molecule has 1 saturated heterocycles. The van der Waals surface area contributed by atoms with Gasteiger partial charge in [0.05, 0.1) is 32.6 Å². The molecule has 12 heteroatoms. The Morgan fingerprint density at radius 2 is 1.49 bits per heavy atom. The number of amides is 1. The lowest BCUT2D eigenvalue weighted by Gasteiger charge is -2.32. The van der Waals surface area contributed by atoms with E-state index in [9.17, 15) is 24.3 Å². The molecule has 1 fully saturated rings. The molecule has 1 spiro atoms. The highest BCUT2D eigenvalue weighted by Crippen LogP contribution is 2.60. The predicted octanol–water partition coefficient (Wildman–Crippen LogP) is 3.73. The van der Waals surface area contributed by atoms with Crippen LogP contribution in [0.5, 0.6) is 11.5 Å². The van der Waals surface area contributed by atoms with Crippen LogP contribution < -0.4 is 25.5 Å². The van der Waals surface area contributed by atoms with Crippen molar-refractivity contribution < 1.29 is 28.9 Å². The second kappa shape index (κ2) is 12.3. The third kappa shape index (κ3) is 5.31. The van der Waals surface area contributed by atoms with E-state index in [1.807, 2.05) is 50.3 Å². The lowest BCUT2D eigenvalue weighted by Crippen LogP contribution is -2.46. The maximum absolute atomic E-state index is 14.8. The molecular formula is C35H39N3O8Si. The maximum atomic E-state index is 14.8. The summed E-state index contributed by atoms with van der Waals surface area (Å²) in [6, 6.07) is 19.4. The first kappa shape index (κ1) is 32.4. The van der Waals surface area contributed by atoms with Crippen LogP contribution in [-0.4, -0.2) is 60.2 Å². The number of methoxy groups -OCH3 is 2. The van der Waals surface area contributed by atoms with E-state index in [0.717, 1.165) is 5.56 Å². The predicted molar refractivity (Wildman–Crippen MR) is 179 cm³/mol. The Morgan fingerprint density at radius 3 is 2.06 bits per heavy atom. The number of ether oxygens (including phenoxy) is 3. The topological polar surface area (TPSA) is 132 Å². The van der Waals surface area contributed by atoms with Crippen molar-refractivity contribution in [3.8, 4) is 22.9 Å². The highest BCUT2D eigenvalue weighted by atomic mass is 28.4. The Kier molecular flexibility index (Phi) is 8.47. The summed E-state index contributed by atoms with van der Waals surface area (Å²) in [4.78, 5) is 54.2. The van der Waals surface area contributed by atoms with Gasteiger partial charge in [-0.2, -0.15) is 0 Å². The number of carbonyl (C=O) groups excluding carboxylic acids is 1. The number of anilines is 1. The molecule has 11 nitrogen and oxygen atoms in total. The highest BCUT2D eigenvalue weighted by molar-refractivity contribution is 6.71. The van der Waals surface area contributed by atoms with Crippen LogP contribution in [0.25, 0.3) is 11.4 Å². The number of fused-ring (bicyclic) bond motifs is 2. The van der Waals surface area contributed by atoms with Crippen molar-refractivity contribution in [2.45, 2.75) is 50.2 Å². The first-order valence-electron chi connectivity index (χ1n) is 15.5. The van der Waals surface area contributed by atoms with E-state index in [1.54, 1.807) is 53.7 Å². The summed E-state index contributed by atoms with van der Waals surface area (Å²) in [5.74, 6) is -0.343. The summed E-state index contributed by atoms with van der Waals surface area (Å²) in [6.07, 6.45) is 3.01. The standard InChI is InChI=1S/C35H39N3O8Si/c1-22-31(47(4,5)43)28(15-18-39)46-35(22)26-20-25(37-17-8-12-30(45-3)33(37)41)13-14-27(26)38(34(35)42)21-23-9-6-10-24(19-23)36-16-7-11-29(44-2)32(36)40/h6-14,16-17,19-20,22,28,31,39,43H,15,18,21H2,1-5H3/t22-,28+,31-,35+/m0/s1. The molecule has 2 aromatic heterocycles. The summed E-state index contributed by atoms with van der Waals surface area (Å²) in [5, 5.41) is 9.96. The number of rotatable bonds is 9. The van der Waals surface area contributed by atoms with Crippen LogP contribution in [0, 0.1) is 5.92 Å². The first-order valence-corrected chi connectivity index (χ1v) is 18.6. The largest absolute Gasteiger partial charge is 0.491 e. The quantitative estimate of drug-likeness (QED) is 0.261. The van der Waals surface area contributed by atoms with Crippen molar-refractivity contribution in [3.63, 3.8) is 0 Å². The summed E-state index contributed by atoms with van der Waals surface area (Å²) in [6.45, 7) is 5.60.